The summed E-state index contributed by atoms with van der Waals surface area (Å²) in [7, 11) is 0. The monoisotopic (exact) mass is 432 g/mol. The third-order valence-electron chi connectivity index (χ3n) is 4.25. The molecule has 0 bridgehead atoms. The molecule has 0 aliphatic heterocycles. The fourth-order valence-electron chi connectivity index (χ4n) is 2.68. The predicted molar refractivity (Wildman–Crippen MR) is 109 cm³/mol. The third-order valence-corrected chi connectivity index (χ3v) is 4.99. The summed E-state index contributed by atoms with van der Waals surface area (Å²) in [5.74, 6) is -0.494. The topological polar surface area (TPSA) is 86.1 Å². The highest BCUT2D eigenvalue weighted by atomic mass is 35.5. The number of carbonyl (C=O) groups is 2. The quantitative estimate of drug-likeness (QED) is 0.596. The van der Waals surface area contributed by atoms with E-state index in [0.717, 1.165) is 5.56 Å². The molecule has 7 nitrogen and oxygen atoms in total. The lowest BCUT2D eigenvalue weighted by Crippen LogP contribution is -2.31. The van der Waals surface area contributed by atoms with E-state index in [0.29, 0.717) is 21.6 Å². The van der Waals surface area contributed by atoms with Crippen molar-refractivity contribution in [3.63, 3.8) is 0 Å². The standard InChI is InChI=1S/C20H18Cl2N4O3/c1-12(14-6-7-16(21)17(22)9-14)25-19(27)11-29-20(28)15-10-24-26(13(15)2)18-5-3-4-8-23-18/h3-10,12H,11H2,1-2H3,(H,25,27). The van der Waals surface area contributed by atoms with E-state index in [1.807, 2.05) is 6.07 Å². The molecule has 0 fully saturated rings. The molecule has 3 rings (SSSR count). The van der Waals surface area contributed by atoms with Crippen molar-refractivity contribution < 1.29 is 14.3 Å². The molecule has 0 saturated heterocycles. The van der Waals surface area contributed by atoms with Crippen LogP contribution in [0.3, 0.4) is 0 Å². The van der Waals surface area contributed by atoms with Crippen molar-refractivity contribution in [1.82, 2.24) is 20.1 Å². The Labute approximate surface area is 177 Å². The molecular formula is C20H18Cl2N4O3. The van der Waals surface area contributed by atoms with Gasteiger partial charge in [-0.05, 0) is 43.7 Å². The second-order valence-corrected chi connectivity index (χ2v) is 7.10. The van der Waals surface area contributed by atoms with Gasteiger partial charge >= 0.3 is 5.97 Å². The second-order valence-electron chi connectivity index (χ2n) is 6.28. The van der Waals surface area contributed by atoms with Gasteiger partial charge in [0, 0.05) is 6.20 Å². The summed E-state index contributed by atoms with van der Waals surface area (Å²) in [5.41, 5.74) is 1.62. The molecule has 3 aromatic rings. The number of halogens is 2. The molecule has 0 saturated carbocycles. The Hall–Kier alpha value is -2.90. The number of aromatic nitrogens is 3. The molecule has 1 amide bonds. The zero-order valence-corrected chi connectivity index (χ0v) is 17.2. The fourth-order valence-corrected chi connectivity index (χ4v) is 2.98. The van der Waals surface area contributed by atoms with Crippen LogP contribution in [0.2, 0.25) is 10.0 Å². The number of benzene rings is 1. The van der Waals surface area contributed by atoms with Crippen molar-refractivity contribution >= 4 is 35.1 Å². The molecule has 1 atom stereocenters. The molecule has 9 heteroatoms. The maximum atomic E-state index is 12.3. The lowest BCUT2D eigenvalue weighted by atomic mass is 10.1. The molecule has 0 aliphatic rings. The van der Waals surface area contributed by atoms with Crippen molar-refractivity contribution in [3.8, 4) is 5.82 Å². The Balaban J connectivity index is 1.58. The number of carbonyl (C=O) groups excluding carboxylic acids is 2. The van der Waals surface area contributed by atoms with E-state index in [4.69, 9.17) is 27.9 Å². The first kappa shape index (κ1) is 20.8. The third kappa shape index (κ3) is 4.93. The Morgan fingerprint density at radius 3 is 2.69 bits per heavy atom. The molecule has 29 heavy (non-hydrogen) atoms. The summed E-state index contributed by atoms with van der Waals surface area (Å²) in [5, 5.41) is 7.75. The maximum absolute atomic E-state index is 12.3. The van der Waals surface area contributed by atoms with Gasteiger partial charge in [-0.2, -0.15) is 5.10 Å². The number of amides is 1. The van der Waals surface area contributed by atoms with Gasteiger partial charge < -0.3 is 10.1 Å². The molecular weight excluding hydrogens is 415 g/mol. The Morgan fingerprint density at radius 1 is 1.21 bits per heavy atom. The normalized spacial score (nSPS) is 11.7. The average molecular weight is 433 g/mol. The van der Waals surface area contributed by atoms with Crippen LogP contribution >= 0.6 is 23.2 Å². The zero-order chi connectivity index (χ0) is 21.0. The molecule has 1 unspecified atom stereocenters. The summed E-state index contributed by atoms with van der Waals surface area (Å²) in [4.78, 5) is 28.7. The van der Waals surface area contributed by atoms with E-state index >= 15 is 0 Å². The number of esters is 1. The number of hydrogen-bond acceptors (Lipinski definition) is 5. The lowest BCUT2D eigenvalue weighted by Gasteiger charge is -2.15. The van der Waals surface area contributed by atoms with E-state index in [2.05, 4.69) is 15.4 Å². The Bertz CT molecular complexity index is 1040. The number of ether oxygens (including phenoxy) is 1. The predicted octanol–water partition coefficient (Wildman–Crippen LogP) is 3.92. The van der Waals surface area contributed by atoms with E-state index in [1.165, 1.54) is 10.9 Å². The number of pyridine rings is 1. The SMILES string of the molecule is Cc1c(C(=O)OCC(=O)NC(C)c2ccc(Cl)c(Cl)c2)cnn1-c1ccccn1. The summed E-state index contributed by atoms with van der Waals surface area (Å²) < 4.78 is 6.66. The number of nitrogens with zero attached hydrogens (tertiary/aromatic N) is 3. The first-order valence-corrected chi connectivity index (χ1v) is 9.50. The van der Waals surface area contributed by atoms with Gasteiger partial charge in [-0.1, -0.05) is 35.3 Å². The molecule has 0 radical (unpaired) electrons. The smallest absolute Gasteiger partial charge is 0.342 e. The van der Waals surface area contributed by atoms with Crippen LogP contribution in [0, 0.1) is 6.92 Å². The van der Waals surface area contributed by atoms with Crippen LogP contribution in [0.4, 0.5) is 0 Å². The Kier molecular flexibility index (Phi) is 6.51. The number of hydrogen-bond donors (Lipinski definition) is 1. The van der Waals surface area contributed by atoms with Crippen molar-refractivity contribution in [2.24, 2.45) is 0 Å². The molecule has 1 N–H and O–H groups in total. The first-order chi connectivity index (χ1) is 13.9. The van der Waals surface area contributed by atoms with Crippen LogP contribution < -0.4 is 5.32 Å². The van der Waals surface area contributed by atoms with Crippen LogP contribution in [0.25, 0.3) is 5.82 Å². The Morgan fingerprint density at radius 2 is 2.00 bits per heavy atom. The molecule has 1 aromatic carbocycles. The average Bonchev–Trinajstić information content (AvgIpc) is 3.10. The number of nitrogens with one attached hydrogen (secondary N) is 1. The van der Waals surface area contributed by atoms with Crippen molar-refractivity contribution in [2.45, 2.75) is 19.9 Å². The van der Waals surface area contributed by atoms with Crippen LogP contribution in [-0.4, -0.2) is 33.2 Å². The van der Waals surface area contributed by atoms with Gasteiger partial charge in [-0.25, -0.2) is 14.5 Å². The van der Waals surface area contributed by atoms with Crippen LogP contribution in [-0.2, 0) is 9.53 Å². The summed E-state index contributed by atoms with van der Waals surface area (Å²) in [6, 6.07) is 10.1. The van der Waals surface area contributed by atoms with Gasteiger partial charge in [-0.3, -0.25) is 4.79 Å². The summed E-state index contributed by atoms with van der Waals surface area (Å²) in [6.45, 7) is 3.10. The highest BCUT2D eigenvalue weighted by molar-refractivity contribution is 6.42. The van der Waals surface area contributed by atoms with Crippen molar-refractivity contribution in [2.75, 3.05) is 6.61 Å². The molecule has 2 aromatic heterocycles. The highest BCUT2D eigenvalue weighted by Crippen LogP contribution is 2.25. The van der Waals surface area contributed by atoms with Gasteiger partial charge in [0.15, 0.2) is 12.4 Å². The van der Waals surface area contributed by atoms with Gasteiger partial charge in [0.25, 0.3) is 5.91 Å². The zero-order valence-electron chi connectivity index (χ0n) is 15.7. The minimum absolute atomic E-state index is 0.265. The molecule has 0 spiro atoms. The van der Waals surface area contributed by atoms with Crippen molar-refractivity contribution in [3.05, 3.63) is 75.7 Å². The lowest BCUT2D eigenvalue weighted by molar-refractivity contribution is -0.124. The second kappa shape index (κ2) is 9.07. The fraction of sp³-hybridized carbons (Fsp3) is 0.200. The molecule has 0 aliphatic carbocycles. The van der Waals surface area contributed by atoms with Gasteiger partial charge in [0.1, 0.15) is 5.56 Å². The summed E-state index contributed by atoms with van der Waals surface area (Å²) in [6.07, 6.45) is 3.02. The van der Waals surface area contributed by atoms with Gasteiger partial charge in [0.05, 0.1) is 28.0 Å². The maximum Gasteiger partial charge on any atom is 0.342 e. The van der Waals surface area contributed by atoms with E-state index in [1.54, 1.807) is 50.4 Å². The minimum atomic E-state index is -0.637. The minimum Gasteiger partial charge on any atom is -0.452 e. The molecule has 2 heterocycles. The van der Waals surface area contributed by atoms with Crippen molar-refractivity contribution in [1.29, 1.82) is 0 Å². The van der Waals surface area contributed by atoms with Gasteiger partial charge in [0.2, 0.25) is 0 Å². The van der Waals surface area contributed by atoms with E-state index in [9.17, 15) is 9.59 Å². The van der Waals surface area contributed by atoms with Gasteiger partial charge in [-0.15, -0.1) is 0 Å². The summed E-state index contributed by atoms with van der Waals surface area (Å²) >= 11 is 11.9. The van der Waals surface area contributed by atoms with Crippen LogP contribution in [0.15, 0.2) is 48.8 Å². The van der Waals surface area contributed by atoms with Crippen LogP contribution in [0.1, 0.15) is 34.6 Å². The van der Waals surface area contributed by atoms with Crippen LogP contribution in [0.5, 0.6) is 0 Å². The highest BCUT2D eigenvalue weighted by Gasteiger charge is 2.19. The number of rotatable bonds is 6. The first-order valence-electron chi connectivity index (χ1n) is 8.74. The van der Waals surface area contributed by atoms with E-state index < -0.39 is 18.5 Å². The molecule has 150 valence electrons. The van der Waals surface area contributed by atoms with E-state index in [-0.39, 0.29) is 11.6 Å². The largest absolute Gasteiger partial charge is 0.452 e.